The van der Waals surface area contributed by atoms with Crippen molar-refractivity contribution < 1.29 is 14.2 Å². The van der Waals surface area contributed by atoms with Crippen LogP contribution in [-0.2, 0) is 14.2 Å². The van der Waals surface area contributed by atoms with Crippen molar-refractivity contribution in [1.82, 2.24) is 10.6 Å². The van der Waals surface area contributed by atoms with Gasteiger partial charge in [-0.25, -0.2) is 0 Å². The predicted octanol–water partition coefficient (Wildman–Crippen LogP) is 3.87. The van der Waals surface area contributed by atoms with Gasteiger partial charge in [-0.3, -0.25) is 4.99 Å². The second kappa shape index (κ2) is 17.7. The van der Waals surface area contributed by atoms with Crippen LogP contribution in [0.4, 0.5) is 0 Å². The molecule has 0 spiro atoms. The van der Waals surface area contributed by atoms with Gasteiger partial charge in [0.2, 0.25) is 0 Å². The summed E-state index contributed by atoms with van der Waals surface area (Å²) in [6.45, 7) is 7.94. The largest absolute Gasteiger partial charge is 0.379 e. The number of nitrogens with zero attached hydrogens (tertiary/aromatic N) is 1. The van der Waals surface area contributed by atoms with E-state index in [0.29, 0.717) is 12.2 Å². The van der Waals surface area contributed by atoms with Gasteiger partial charge in [0.15, 0.2) is 5.96 Å². The number of aliphatic imine (C=N–C) groups is 1. The molecule has 0 radical (unpaired) electrons. The Morgan fingerprint density at radius 2 is 1.68 bits per heavy atom. The van der Waals surface area contributed by atoms with Crippen LogP contribution in [0.1, 0.15) is 71.1 Å². The first-order valence-electron chi connectivity index (χ1n) is 11.2. The first-order chi connectivity index (χ1) is 13.4. The van der Waals surface area contributed by atoms with Gasteiger partial charge < -0.3 is 24.8 Å². The van der Waals surface area contributed by atoms with Crippen molar-refractivity contribution >= 4 is 29.9 Å². The summed E-state index contributed by atoms with van der Waals surface area (Å²) in [6.07, 6.45) is 13.0. The van der Waals surface area contributed by atoms with Crippen LogP contribution in [0.25, 0.3) is 0 Å². The van der Waals surface area contributed by atoms with Gasteiger partial charge in [-0.05, 0) is 45.4 Å². The molecular weight excluding hydrogens is 469 g/mol. The SMILES string of the molecule is CCNC(=NCCCOC1CCOC1)NCCCCOC1CCCCCC1.I. The van der Waals surface area contributed by atoms with Crippen LogP contribution in [0.2, 0.25) is 0 Å². The lowest BCUT2D eigenvalue weighted by Crippen LogP contribution is -2.38. The van der Waals surface area contributed by atoms with Crippen LogP contribution >= 0.6 is 24.0 Å². The van der Waals surface area contributed by atoms with E-state index < -0.39 is 0 Å². The second-order valence-corrected chi connectivity index (χ2v) is 7.59. The second-order valence-electron chi connectivity index (χ2n) is 7.59. The van der Waals surface area contributed by atoms with Crippen LogP contribution < -0.4 is 10.6 Å². The number of hydrogen-bond acceptors (Lipinski definition) is 4. The Balaban J connectivity index is 0.00000392. The molecule has 1 aliphatic heterocycles. The Kier molecular flexibility index (Phi) is 16.4. The number of hydrogen-bond donors (Lipinski definition) is 2. The van der Waals surface area contributed by atoms with E-state index in [9.17, 15) is 0 Å². The lowest BCUT2D eigenvalue weighted by Gasteiger charge is -2.15. The monoisotopic (exact) mass is 511 g/mol. The number of halogens is 1. The molecule has 1 heterocycles. The topological polar surface area (TPSA) is 64.1 Å². The highest BCUT2D eigenvalue weighted by Gasteiger charge is 2.15. The zero-order chi connectivity index (χ0) is 19.0. The minimum absolute atomic E-state index is 0. The number of nitrogens with one attached hydrogen (secondary N) is 2. The molecule has 1 unspecified atom stereocenters. The summed E-state index contributed by atoms with van der Waals surface area (Å²) >= 11 is 0. The summed E-state index contributed by atoms with van der Waals surface area (Å²) in [5.74, 6) is 0.909. The van der Waals surface area contributed by atoms with E-state index in [1.165, 1.54) is 38.5 Å². The highest BCUT2D eigenvalue weighted by atomic mass is 127. The molecule has 0 aromatic rings. The van der Waals surface area contributed by atoms with Crippen molar-refractivity contribution in [2.24, 2.45) is 4.99 Å². The lowest BCUT2D eigenvalue weighted by molar-refractivity contribution is 0.0411. The number of unbranched alkanes of at least 4 members (excludes halogenated alkanes) is 1. The zero-order valence-electron chi connectivity index (χ0n) is 17.8. The molecule has 1 atom stereocenters. The van der Waals surface area contributed by atoms with Gasteiger partial charge in [-0.2, -0.15) is 0 Å². The van der Waals surface area contributed by atoms with Crippen molar-refractivity contribution in [3.8, 4) is 0 Å². The third-order valence-electron chi connectivity index (χ3n) is 5.18. The molecule has 1 saturated heterocycles. The molecule has 2 fully saturated rings. The molecule has 2 rings (SSSR count). The number of ether oxygens (including phenoxy) is 3. The normalized spacial score (nSPS) is 21.2. The van der Waals surface area contributed by atoms with Gasteiger partial charge in [-0.1, -0.05) is 25.7 Å². The molecular formula is C21H42IN3O3. The van der Waals surface area contributed by atoms with E-state index in [0.717, 1.165) is 77.7 Å². The number of guanidine groups is 1. The highest BCUT2D eigenvalue weighted by Crippen LogP contribution is 2.19. The first-order valence-corrected chi connectivity index (χ1v) is 11.2. The van der Waals surface area contributed by atoms with Crippen molar-refractivity contribution in [3.05, 3.63) is 0 Å². The molecule has 0 bridgehead atoms. The Morgan fingerprint density at radius 1 is 0.929 bits per heavy atom. The van der Waals surface area contributed by atoms with E-state index in [2.05, 4.69) is 22.5 Å². The van der Waals surface area contributed by atoms with Crippen LogP contribution in [-0.4, -0.2) is 64.2 Å². The van der Waals surface area contributed by atoms with Crippen molar-refractivity contribution in [2.45, 2.75) is 83.3 Å². The van der Waals surface area contributed by atoms with Gasteiger partial charge in [0, 0.05) is 39.5 Å². The van der Waals surface area contributed by atoms with Crippen LogP contribution in [0.3, 0.4) is 0 Å². The van der Waals surface area contributed by atoms with Gasteiger partial charge in [0.05, 0.1) is 18.8 Å². The molecule has 1 aliphatic carbocycles. The smallest absolute Gasteiger partial charge is 0.191 e. The minimum atomic E-state index is 0. The fraction of sp³-hybridized carbons (Fsp3) is 0.952. The van der Waals surface area contributed by atoms with E-state index in [1.54, 1.807) is 0 Å². The maximum atomic E-state index is 6.05. The van der Waals surface area contributed by atoms with Crippen LogP contribution in [0.15, 0.2) is 4.99 Å². The molecule has 6 nitrogen and oxygen atoms in total. The van der Waals surface area contributed by atoms with Crippen LogP contribution in [0, 0.1) is 0 Å². The molecule has 1 saturated carbocycles. The third kappa shape index (κ3) is 12.4. The maximum Gasteiger partial charge on any atom is 0.191 e. The average Bonchev–Trinajstić information content (AvgIpc) is 3.06. The number of rotatable bonds is 12. The molecule has 28 heavy (non-hydrogen) atoms. The third-order valence-corrected chi connectivity index (χ3v) is 5.18. The van der Waals surface area contributed by atoms with Crippen molar-refractivity contribution in [1.29, 1.82) is 0 Å². The Morgan fingerprint density at radius 3 is 2.39 bits per heavy atom. The molecule has 0 aromatic carbocycles. The summed E-state index contributed by atoms with van der Waals surface area (Å²) < 4.78 is 17.1. The minimum Gasteiger partial charge on any atom is -0.379 e. The fourth-order valence-electron chi connectivity index (χ4n) is 3.58. The molecule has 2 N–H and O–H groups in total. The van der Waals surface area contributed by atoms with Gasteiger partial charge in [0.1, 0.15) is 0 Å². The van der Waals surface area contributed by atoms with E-state index in [-0.39, 0.29) is 24.0 Å². The van der Waals surface area contributed by atoms with E-state index in [1.807, 2.05) is 0 Å². The molecule has 0 aromatic heterocycles. The van der Waals surface area contributed by atoms with Crippen molar-refractivity contribution in [3.63, 3.8) is 0 Å². The van der Waals surface area contributed by atoms with Crippen molar-refractivity contribution in [2.75, 3.05) is 46.1 Å². The Labute approximate surface area is 189 Å². The fourth-order valence-corrected chi connectivity index (χ4v) is 3.58. The van der Waals surface area contributed by atoms with E-state index >= 15 is 0 Å². The highest BCUT2D eigenvalue weighted by molar-refractivity contribution is 14.0. The molecule has 0 amide bonds. The lowest BCUT2D eigenvalue weighted by atomic mass is 10.1. The molecule has 166 valence electrons. The standard InChI is InChI=1S/C21H41N3O3.HI/c1-2-22-21(24-14-9-16-27-20-12-17-25-18-20)23-13-7-8-15-26-19-10-5-3-4-6-11-19;/h19-20H,2-18H2,1H3,(H2,22,23,24);1H. The van der Waals surface area contributed by atoms with Gasteiger partial charge in [0.25, 0.3) is 0 Å². The summed E-state index contributed by atoms with van der Waals surface area (Å²) in [5, 5.41) is 6.73. The summed E-state index contributed by atoms with van der Waals surface area (Å²) in [6, 6.07) is 0. The van der Waals surface area contributed by atoms with Gasteiger partial charge >= 0.3 is 0 Å². The predicted molar refractivity (Wildman–Crippen MR) is 126 cm³/mol. The Hall–Kier alpha value is -0.120. The molecule has 7 heteroatoms. The molecule has 2 aliphatic rings. The maximum absolute atomic E-state index is 6.05. The quantitative estimate of drug-likeness (QED) is 0.137. The summed E-state index contributed by atoms with van der Waals surface area (Å²) in [7, 11) is 0. The van der Waals surface area contributed by atoms with E-state index in [4.69, 9.17) is 14.2 Å². The summed E-state index contributed by atoms with van der Waals surface area (Å²) in [5.41, 5.74) is 0. The first kappa shape index (κ1) is 25.9. The van der Waals surface area contributed by atoms with Crippen LogP contribution in [0.5, 0.6) is 0 Å². The average molecular weight is 511 g/mol. The Bertz CT molecular complexity index is 385. The zero-order valence-corrected chi connectivity index (χ0v) is 20.1. The summed E-state index contributed by atoms with van der Waals surface area (Å²) in [4.78, 5) is 4.63. The van der Waals surface area contributed by atoms with Gasteiger partial charge in [-0.15, -0.1) is 24.0 Å².